The number of aromatic nitrogens is 2. The summed E-state index contributed by atoms with van der Waals surface area (Å²) in [6.07, 6.45) is 6.65. The highest BCUT2D eigenvalue weighted by Gasteiger charge is 2.15. The Morgan fingerprint density at radius 2 is 2.06 bits per heavy atom. The zero-order valence-electron chi connectivity index (χ0n) is 9.06. The molecule has 0 bridgehead atoms. The maximum atomic E-state index is 10.3. The van der Waals surface area contributed by atoms with Crippen LogP contribution in [0.3, 0.4) is 0 Å². The minimum Gasteiger partial charge on any atom is -0.460 e. The molecule has 1 aliphatic rings. The topological polar surface area (TPSA) is 64.1 Å². The molecule has 2 rings (SSSR count). The number of nitrogens with one attached hydrogen (secondary N) is 1. The molecule has 1 aromatic rings. The fraction of sp³-hybridized carbons (Fsp3) is 0.545. The van der Waals surface area contributed by atoms with E-state index in [9.17, 15) is 4.79 Å². The van der Waals surface area contributed by atoms with Gasteiger partial charge in [-0.2, -0.15) is 0 Å². The van der Waals surface area contributed by atoms with Gasteiger partial charge in [-0.25, -0.2) is 9.97 Å². The van der Waals surface area contributed by atoms with Gasteiger partial charge in [-0.1, -0.05) is 0 Å². The molecule has 0 atom stereocenters. The van der Waals surface area contributed by atoms with Crippen LogP contribution in [-0.2, 0) is 11.2 Å². The van der Waals surface area contributed by atoms with Crippen molar-refractivity contribution in [2.75, 3.05) is 13.1 Å². The monoisotopic (exact) mass is 221 g/mol. The highest BCUT2D eigenvalue weighted by atomic mass is 16.5. The third-order valence-corrected chi connectivity index (χ3v) is 2.56. The summed E-state index contributed by atoms with van der Waals surface area (Å²) in [6, 6.07) is 0.404. The Kier molecular flexibility index (Phi) is 3.82. The lowest BCUT2D eigenvalue weighted by molar-refractivity contribution is -0.107. The van der Waals surface area contributed by atoms with E-state index >= 15 is 0 Å². The van der Waals surface area contributed by atoms with E-state index in [1.165, 1.54) is 0 Å². The van der Waals surface area contributed by atoms with Gasteiger partial charge in [0.2, 0.25) is 0 Å². The highest BCUT2D eigenvalue weighted by Crippen LogP contribution is 2.11. The van der Waals surface area contributed by atoms with Gasteiger partial charge in [-0.3, -0.25) is 0 Å². The molecular weight excluding hydrogens is 206 g/mol. The van der Waals surface area contributed by atoms with Crippen LogP contribution in [0.25, 0.3) is 0 Å². The summed E-state index contributed by atoms with van der Waals surface area (Å²) in [5.74, 6) is 0. The van der Waals surface area contributed by atoms with Gasteiger partial charge in [-0.15, -0.1) is 0 Å². The Bertz CT molecular complexity index is 334. The molecule has 1 aliphatic heterocycles. The molecule has 5 nitrogen and oxygen atoms in total. The lowest BCUT2D eigenvalue weighted by atomic mass is 10.1. The Labute approximate surface area is 94.2 Å². The average molecular weight is 221 g/mol. The van der Waals surface area contributed by atoms with Crippen molar-refractivity contribution in [3.63, 3.8) is 0 Å². The zero-order chi connectivity index (χ0) is 11.2. The van der Waals surface area contributed by atoms with Crippen molar-refractivity contribution in [2.24, 2.45) is 0 Å². The second kappa shape index (κ2) is 5.55. The van der Waals surface area contributed by atoms with Crippen LogP contribution < -0.4 is 10.1 Å². The van der Waals surface area contributed by atoms with Crippen molar-refractivity contribution in [1.82, 2.24) is 15.3 Å². The molecule has 86 valence electrons. The second-order valence-electron chi connectivity index (χ2n) is 3.81. The van der Waals surface area contributed by atoms with Gasteiger partial charge in [0.25, 0.3) is 0 Å². The van der Waals surface area contributed by atoms with E-state index in [-0.39, 0.29) is 6.10 Å². The number of nitrogens with zero attached hydrogens (tertiary/aromatic N) is 2. The van der Waals surface area contributed by atoms with Crippen molar-refractivity contribution in [1.29, 1.82) is 0 Å². The first-order valence-electron chi connectivity index (χ1n) is 5.50. The second-order valence-corrected chi connectivity index (χ2v) is 3.81. The predicted octanol–water partition coefficient (Wildman–Crippen LogP) is 0.349. The van der Waals surface area contributed by atoms with E-state index in [1.54, 1.807) is 12.4 Å². The van der Waals surface area contributed by atoms with Gasteiger partial charge in [0.1, 0.15) is 12.4 Å². The quantitative estimate of drug-likeness (QED) is 0.743. The van der Waals surface area contributed by atoms with Crippen molar-refractivity contribution in [3.8, 4) is 6.01 Å². The van der Waals surface area contributed by atoms with Crippen molar-refractivity contribution < 1.29 is 9.53 Å². The number of carbonyl (C=O) groups is 1. The molecule has 5 heteroatoms. The number of hydrogen-bond donors (Lipinski definition) is 1. The summed E-state index contributed by atoms with van der Waals surface area (Å²) in [6.45, 7) is 1.96. The molecule has 1 fully saturated rings. The lowest BCUT2D eigenvalue weighted by Crippen LogP contribution is -2.34. The number of piperidine rings is 1. The lowest BCUT2D eigenvalue weighted by Gasteiger charge is -2.22. The normalized spacial score (nSPS) is 17.0. The summed E-state index contributed by atoms with van der Waals surface area (Å²) in [4.78, 5) is 18.4. The minimum absolute atomic E-state index is 0.207. The highest BCUT2D eigenvalue weighted by molar-refractivity contribution is 5.54. The fourth-order valence-corrected chi connectivity index (χ4v) is 1.67. The van der Waals surface area contributed by atoms with Crippen LogP contribution in [0.5, 0.6) is 6.01 Å². The van der Waals surface area contributed by atoms with Gasteiger partial charge in [0.15, 0.2) is 0 Å². The Morgan fingerprint density at radius 3 is 2.69 bits per heavy atom. The van der Waals surface area contributed by atoms with Gasteiger partial charge in [0.05, 0.1) is 0 Å². The SMILES string of the molecule is O=CCc1cnc(OC2CCNCC2)nc1. The summed E-state index contributed by atoms with van der Waals surface area (Å²) in [7, 11) is 0. The van der Waals surface area contributed by atoms with Gasteiger partial charge < -0.3 is 14.8 Å². The summed E-state index contributed by atoms with van der Waals surface area (Å²) >= 11 is 0. The largest absolute Gasteiger partial charge is 0.460 e. The third kappa shape index (κ3) is 3.00. The van der Waals surface area contributed by atoms with Crippen LogP contribution in [0.1, 0.15) is 18.4 Å². The van der Waals surface area contributed by atoms with E-state index in [1.807, 2.05) is 0 Å². The minimum atomic E-state index is 0.207. The number of hydrogen-bond acceptors (Lipinski definition) is 5. The van der Waals surface area contributed by atoms with E-state index in [4.69, 9.17) is 4.74 Å². The summed E-state index contributed by atoms with van der Waals surface area (Å²) < 4.78 is 5.64. The Balaban J connectivity index is 1.90. The summed E-state index contributed by atoms with van der Waals surface area (Å²) in [5.41, 5.74) is 0.813. The molecule has 2 heterocycles. The van der Waals surface area contributed by atoms with E-state index in [0.717, 1.165) is 37.8 Å². The number of carbonyl (C=O) groups excluding carboxylic acids is 1. The molecule has 0 radical (unpaired) electrons. The van der Waals surface area contributed by atoms with Gasteiger partial charge in [-0.05, 0) is 31.5 Å². The van der Waals surface area contributed by atoms with Crippen molar-refractivity contribution >= 4 is 6.29 Å². The molecular formula is C11H15N3O2. The molecule has 0 unspecified atom stereocenters. The van der Waals surface area contributed by atoms with E-state index in [2.05, 4.69) is 15.3 Å². The Morgan fingerprint density at radius 1 is 1.38 bits per heavy atom. The number of ether oxygens (including phenoxy) is 1. The molecule has 0 saturated carbocycles. The maximum Gasteiger partial charge on any atom is 0.316 e. The van der Waals surface area contributed by atoms with Crippen LogP contribution in [0.15, 0.2) is 12.4 Å². The Hall–Kier alpha value is -1.49. The van der Waals surface area contributed by atoms with Crippen LogP contribution >= 0.6 is 0 Å². The van der Waals surface area contributed by atoms with Crippen molar-refractivity contribution in [3.05, 3.63) is 18.0 Å². The fourth-order valence-electron chi connectivity index (χ4n) is 1.67. The molecule has 1 aromatic heterocycles. The summed E-state index contributed by atoms with van der Waals surface area (Å²) in [5, 5.41) is 3.27. The number of aldehydes is 1. The van der Waals surface area contributed by atoms with E-state index < -0.39 is 0 Å². The smallest absolute Gasteiger partial charge is 0.316 e. The van der Waals surface area contributed by atoms with Crippen LogP contribution in [0, 0.1) is 0 Å². The molecule has 0 aliphatic carbocycles. The third-order valence-electron chi connectivity index (χ3n) is 2.56. The number of rotatable bonds is 4. The van der Waals surface area contributed by atoms with Crippen LogP contribution in [-0.4, -0.2) is 35.4 Å². The van der Waals surface area contributed by atoms with Crippen LogP contribution in [0.2, 0.25) is 0 Å². The zero-order valence-corrected chi connectivity index (χ0v) is 9.06. The average Bonchev–Trinajstić information content (AvgIpc) is 2.33. The molecule has 1 N–H and O–H groups in total. The molecule has 0 aromatic carbocycles. The van der Waals surface area contributed by atoms with Gasteiger partial charge >= 0.3 is 6.01 Å². The van der Waals surface area contributed by atoms with Crippen molar-refractivity contribution in [2.45, 2.75) is 25.4 Å². The van der Waals surface area contributed by atoms with Gasteiger partial charge in [0, 0.05) is 18.8 Å². The van der Waals surface area contributed by atoms with Crippen LogP contribution in [0.4, 0.5) is 0 Å². The molecule has 1 saturated heterocycles. The molecule has 0 amide bonds. The first-order valence-corrected chi connectivity index (χ1v) is 5.50. The van der Waals surface area contributed by atoms with E-state index in [0.29, 0.717) is 12.4 Å². The first-order chi connectivity index (χ1) is 7.88. The molecule has 0 spiro atoms. The standard InChI is InChI=1S/C11H15N3O2/c15-6-3-9-7-13-11(14-8-9)16-10-1-4-12-5-2-10/h6-8,10,12H,1-5H2. The molecule has 16 heavy (non-hydrogen) atoms. The maximum absolute atomic E-state index is 10.3. The first kappa shape index (κ1) is 11.0. The predicted molar refractivity (Wildman–Crippen MR) is 58.3 cm³/mol.